The lowest BCUT2D eigenvalue weighted by atomic mass is 9.90. The van der Waals surface area contributed by atoms with Crippen molar-refractivity contribution in [2.45, 2.75) is 65.0 Å². The highest BCUT2D eigenvalue weighted by molar-refractivity contribution is 7.10. The maximum Gasteiger partial charge on any atom is 0.340 e. The summed E-state index contributed by atoms with van der Waals surface area (Å²) >= 11 is 1.59. The van der Waals surface area contributed by atoms with Gasteiger partial charge in [0.05, 0.1) is 11.6 Å². The number of hydrogen-bond donors (Lipinski definition) is 1. The van der Waals surface area contributed by atoms with Gasteiger partial charge in [0.25, 0.3) is 5.91 Å². The Kier molecular flexibility index (Phi) is 5.66. The summed E-state index contributed by atoms with van der Waals surface area (Å²) in [7, 11) is 0. The normalized spacial score (nSPS) is 17.3. The summed E-state index contributed by atoms with van der Waals surface area (Å²) in [5, 5.41) is 13.8. The van der Waals surface area contributed by atoms with Gasteiger partial charge in [-0.25, -0.2) is 4.79 Å². The molecule has 0 radical (unpaired) electrons. The average Bonchev–Trinajstić information content (AvgIpc) is 2.98. The minimum atomic E-state index is -0.987. The van der Waals surface area contributed by atoms with Crippen LogP contribution in [0.25, 0.3) is 0 Å². The Bertz CT molecular complexity index is 674. The van der Waals surface area contributed by atoms with Crippen molar-refractivity contribution in [1.82, 2.24) is 5.32 Å². The van der Waals surface area contributed by atoms with E-state index < -0.39 is 23.5 Å². The number of nitrogens with one attached hydrogen (secondary N) is 1. The van der Waals surface area contributed by atoms with Gasteiger partial charge in [-0.3, -0.25) is 4.79 Å². The van der Waals surface area contributed by atoms with Crippen LogP contribution >= 0.6 is 11.3 Å². The van der Waals surface area contributed by atoms with E-state index in [0.29, 0.717) is 5.56 Å². The molecule has 0 saturated heterocycles. The standard InChI is InChI=1S/C18H24N2O3S/c1-11(2)18(4,10-19)20-16(21)12(3)23-17(22)14-9-24-15-8-6-5-7-13(14)15/h9,11-12H,5-8H2,1-4H3,(H,20,21)/t12-,18+/m0/s1. The number of rotatable bonds is 5. The van der Waals surface area contributed by atoms with Gasteiger partial charge < -0.3 is 10.1 Å². The smallest absolute Gasteiger partial charge is 0.340 e. The predicted octanol–water partition coefficient (Wildman–Crippen LogP) is 3.23. The van der Waals surface area contributed by atoms with Crippen molar-refractivity contribution in [3.63, 3.8) is 0 Å². The van der Waals surface area contributed by atoms with Crippen LogP contribution in [-0.4, -0.2) is 23.5 Å². The molecule has 0 fully saturated rings. The summed E-state index contributed by atoms with van der Waals surface area (Å²) in [6, 6.07) is 2.11. The Labute approximate surface area is 147 Å². The van der Waals surface area contributed by atoms with Gasteiger partial charge in [-0.05, 0) is 51.0 Å². The molecular formula is C18H24N2O3S. The zero-order valence-electron chi connectivity index (χ0n) is 14.6. The fourth-order valence-corrected chi connectivity index (χ4v) is 3.72. The summed E-state index contributed by atoms with van der Waals surface area (Å²) in [5.41, 5.74) is 0.674. The highest BCUT2D eigenvalue weighted by atomic mass is 32.1. The number of nitrogens with zero attached hydrogens (tertiary/aromatic N) is 1. The zero-order chi connectivity index (χ0) is 17.9. The summed E-state index contributed by atoms with van der Waals surface area (Å²) in [5.74, 6) is -0.969. The predicted molar refractivity (Wildman–Crippen MR) is 92.8 cm³/mol. The van der Waals surface area contributed by atoms with E-state index in [9.17, 15) is 14.9 Å². The summed E-state index contributed by atoms with van der Waals surface area (Å²) in [6.45, 7) is 6.92. The topological polar surface area (TPSA) is 79.2 Å². The second-order valence-electron chi connectivity index (χ2n) is 6.76. The first-order chi connectivity index (χ1) is 11.3. The fourth-order valence-electron chi connectivity index (χ4n) is 2.60. The van der Waals surface area contributed by atoms with Crippen molar-refractivity contribution in [3.8, 4) is 6.07 Å². The first kappa shape index (κ1) is 18.5. The molecule has 1 amide bonds. The monoisotopic (exact) mass is 348 g/mol. The maximum atomic E-state index is 12.4. The molecule has 1 aromatic rings. The van der Waals surface area contributed by atoms with Crippen molar-refractivity contribution in [2.24, 2.45) is 5.92 Å². The van der Waals surface area contributed by atoms with E-state index in [1.807, 2.05) is 19.2 Å². The molecule has 0 aromatic carbocycles. The Morgan fingerprint density at radius 1 is 1.33 bits per heavy atom. The Morgan fingerprint density at radius 2 is 2.00 bits per heavy atom. The van der Waals surface area contributed by atoms with Crippen molar-refractivity contribution in [3.05, 3.63) is 21.4 Å². The van der Waals surface area contributed by atoms with E-state index in [1.165, 1.54) is 11.8 Å². The number of ether oxygens (including phenoxy) is 1. The maximum absolute atomic E-state index is 12.4. The van der Waals surface area contributed by atoms with Gasteiger partial charge in [-0.15, -0.1) is 11.3 Å². The van der Waals surface area contributed by atoms with Gasteiger partial charge in [0.2, 0.25) is 0 Å². The number of esters is 1. The number of carbonyl (C=O) groups is 2. The number of amides is 1. The Hall–Kier alpha value is -1.87. The fraction of sp³-hybridized carbons (Fsp3) is 0.611. The molecule has 0 saturated carbocycles. The van der Waals surface area contributed by atoms with Gasteiger partial charge in [0, 0.05) is 10.3 Å². The second kappa shape index (κ2) is 7.35. The number of fused-ring (bicyclic) bond motifs is 1. The lowest BCUT2D eigenvalue weighted by molar-refractivity contribution is -0.130. The molecule has 24 heavy (non-hydrogen) atoms. The SMILES string of the molecule is CC(C)[C@@](C)(C#N)NC(=O)[C@H](C)OC(=O)c1csc2c1CCCC2. The van der Waals surface area contributed by atoms with E-state index in [4.69, 9.17) is 4.74 Å². The number of nitriles is 1. The Morgan fingerprint density at radius 3 is 2.62 bits per heavy atom. The van der Waals surface area contributed by atoms with Gasteiger partial charge in [-0.2, -0.15) is 5.26 Å². The highest BCUT2D eigenvalue weighted by Crippen LogP contribution is 2.30. The van der Waals surface area contributed by atoms with Crippen molar-refractivity contribution >= 4 is 23.2 Å². The molecule has 0 spiro atoms. The largest absolute Gasteiger partial charge is 0.449 e. The summed E-state index contributed by atoms with van der Waals surface area (Å²) < 4.78 is 5.34. The number of carbonyl (C=O) groups excluding carboxylic acids is 2. The molecule has 5 nitrogen and oxygen atoms in total. The van der Waals surface area contributed by atoms with Crippen molar-refractivity contribution < 1.29 is 14.3 Å². The van der Waals surface area contributed by atoms with E-state index >= 15 is 0 Å². The van der Waals surface area contributed by atoms with E-state index in [-0.39, 0.29) is 5.92 Å². The van der Waals surface area contributed by atoms with Crippen LogP contribution in [0, 0.1) is 17.2 Å². The van der Waals surface area contributed by atoms with E-state index in [1.54, 1.807) is 18.3 Å². The van der Waals surface area contributed by atoms with Gasteiger partial charge >= 0.3 is 5.97 Å². The van der Waals surface area contributed by atoms with Crippen LogP contribution in [0.5, 0.6) is 0 Å². The number of hydrogen-bond acceptors (Lipinski definition) is 5. The van der Waals surface area contributed by atoms with Crippen molar-refractivity contribution in [1.29, 1.82) is 5.26 Å². The molecule has 1 heterocycles. The lowest BCUT2D eigenvalue weighted by Crippen LogP contribution is -2.52. The van der Waals surface area contributed by atoms with Crippen LogP contribution < -0.4 is 5.32 Å². The van der Waals surface area contributed by atoms with E-state index in [2.05, 4.69) is 11.4 Å². The second-order valence-corrected chi connectivity index (χ2v) is 7.73. The molecule has 1 aliphatic carbocycles. The quantitative estimate of drug-likeness (QED) is 0.829. The number of aryl methyl sites for hydroxylation is 1. The van der Waals surface area contributed by atoms with Crippen molar-refractivity contribution in [2.75, 3.05) is 0 Å². The van der Waals surface area contributed by atoms with Gasteiger partial charge in [-0.1, -0.05) is 13.8 Å². The first-order valence-corrected chi connectivity index (χ1v) is 9.20. The third kappa shape index (κ3) is 3.78. The van der Waals surface area contributed by atoms with Crippen LogP contribution in [0.4, 0.5) is 0 Å². The molecule has 0 unspecified atom stereocenters. The number of thiophene rings is 1. The minimum absolute atomic E-state index is 0.0572. The molecule has 130 valence electrons. The van der Waals surface area contributed by atoms with E-state index in [0.717, 1.165) is 31.2 Å². The van der Waals surface area contributed by atoms with Gasteiger partial charge in [0.15, 0.2) is 6.10 Å². The van der Waals surface area contributed by atoms with Crippen LogP contribution in [0.2, 0.25) is 0 Å². The van der Waals surface area contributed by atoms with Gasteiger partial charge in [0.1, 0.15) is 5.54 Å². The third-order valence-electron chi connectivity index (χ3n) is 4.70. The molecule has 6 heteroatoms. The molecule has 1 aliphatic rings. The lowest BCUT2D eigenvalue weighted by Gasteiger charge is -2.28. The molecular weight excluding hydrogens is 324 g/mol. The van der Waals surface area contributed by atoms with Crippen LogP contribution in [0.1, 0.15) is 61.3 Å². The molecule has 0 bridgehead atoms. The molecule has 0 aliphatic heterocycles. The average molecular weight is 348 g/mol. The van der Waals surface area contributed by atoms with Crippen LogP contribution in [0.15, 0.2) is 5.38 Å². The van der Waals surface area contributed by atoms with Crippen LogP contribution in [0.3, 0.4) is 0 Å². The highest BCUT2D eigenvalue weighted by Gasteiger charge is 2.33. The molecule has 1 aromatic heterocycles. The minimum Gasteiger partial charge on any atom is -0.449 e. The molecule has 2 rings (SSSR count). The molecule has 1 N–H and O–H groups in total. The van der Waals surface area contributed by atoms with Crippen LogP contribution in [-0.2, 0) is 22.4 Å². The summed E-state index contributed by atoms with van der Waals surface area (Å²) in [6.07, 6.45) is 3.20. The zero-order valence-corrected chi connectivity index (χ0v) is 15.5. The Balaban J connectivity index is 2.03. The summed E-state index contributed by atoms with van der Waals surface area (Å²) in [4.78, 5) is 25.9. The first-order valence-electron chi connectivity index (χ1n) is 8.32. The third-order valence-corrected chi connectivity index (χ3v) is 5.79. The molecule has 2 atom stereocenters.